The molecule has 0 atom stereocenters. The predicted octanol–water partition coefficient (Wildman–Crippen LogP) is 1.39. The normalized spacial score (nSPS) is 24.9. The third-order valence-electron chi connectivity index (χ3n) is 3.34. The fourth-order valence-electron chi connectivity index (χ4n) is 1.58. The summed E-state index contributed by atoms with van der Waals surface area (Å²) in [5.41, 5.74) is -0.453. The van der Waals surface area contributed by atoms with Gasteiger partial charge in [-0.05, 0) is 33.8 Å². The highest BCUT2D eigenvalue weighted by Crippen LogP contribution is 2.36. The second kappa shape index (κ2) is 4.00. The fraction of sp³-hybridized carbons (Fsp3) is 0.583. The number of nitrogens with zero attached hydrogens (tertiary/aromatic N) is 1. The van der Waals surface area contributed by atoms with E-state index in [4.69, 9.17) is 18.2 Å². The number of rotatable bonds is 2. The van der Waals surface area contributed by atoms with Crippen LogP contribution < -0.4 is 10.3 Å². The van der Waals surface area contributed by atoms with Gasteiger partial charge in [-0.3, -0.25) is 0 Å². The summed E-state index contributed by atoms with van der Waals surface area (Å²) in [7, 11) is -3.16. The van der Waals surface area contributed by atoms with E-state index in [9.17, 15) is 0 Å². The van der Waals surface area contributed by atoms with Crippen molar-refractivity contribution in [1.29, 1.82) is 0 Å². The molecule has 2 heterocycles. The van der Waals surface area contributed by atoms with Crippen molar-refractivity contribution >= 4 is 12.7 Å². The quantitative estimate of drug-likeness (QED) is 0.730. The molecule has 0 saturated carbocycles. The molecule has 2 rings (SSSR count). The van der Waals surface area contributed by atoms with Crippen LogP contribution in [0.4, 0.5) is 0 Å². The SMILES string of the molecule is [2H]C([2H])([2H])Oc1cccc(B2OC(C)(C)C(C)(C)O2)n1. The first-order valence-electron chi connectivity index (χ1n) is 7.02. The Hall–Kier alpha value is -1.07. The average molecular weight is 238 g/mol. The zero-order valence-electron chi connectivity index (χ0n) is 13.5. The second-order valence-corrected chi connectivity index (χ2v) is 5.09. The van der Waals surface area contributed by atoms with Crippen LogP contribution in [0, 0.1) is 0 Å². The first-order chi connectivity index (χ1) is 9.00. The Morgan fingerprint density at radius 3 is 2.47 bits per heavy atom. The lowest BCUT2D eigenvalue weighted by Gasteiger charge is -2.32. The highest BCUT2D eigenvalue weighted by molar-refractivity contribution is 6.61. The van der Waals surface area contributed by atoms with Gasteiger partial charge in [-0.2, -0.15) is 0 Å². The van der Waals surface area contributed by atoms with Gasteiger partial charge in [-0.1, -0.05) is 6.07 Å². The van der Waals surface area contributed by atoms with Crippen molar-refractivity contribution < 1.29 is 18.2 Å². The molecule has 0 amide bonds. The zero-order chi connectivity index (χ0) is 15.2. The van der Waals surface area contributed by atoms with Crippen molar-refractivity contribution in [3.05, 3.63) is 18.2 Å². The molecule has 1 aliphatic rings. The van der Waals surface area contributed by atoms with E-state index in [2.05, 4.69) is 4.98 Å². The van der Waals surface area contributed by atoms with Crippen LogP contribution in [0.25, 0.3) is 0 Å². The summed E-state index contributed by atoms with van der Waals surface area (Å²) in [6.45, 7) is 7.76. The van der Waals surface area contributed by atoms with E-state index >= 15 is 0 Å². The Labute approximate surface area is 107 Å². The number of pyridine rings is 1. The van der Waals surface area contributed by atoms with Crippen molar-refractivity contribution in [2.45, 2.75) is 38.9 Å². The van der Waals surface area contributed by atoms with Crippen LogP contribution in [-0.4, -0.2) is 30.3 Å². The van der Waals surface area contributed by atoms with Gasteiger partial charge in [-0.25, -0.2) is 4.98 Å². The number of aromatic nitrogens is 1. The summed E-state index contributed by atoms with van der Waals surface area (Å²) in [6.07, 6.45) is 0. The van der Waals surface area contributed by atoms with E-state index in [-0.39, 0.29) is 5.88 Å². The molecule has 0 N–H and O–H groups in total. The minimum atomic E-state index is -2.53. The molecule has 1 saturated heterocycles. The Kier molecular flexibility index (Phi) is 2.10. The van der Waals surface area contributed by atoms with Crippen LogP contribution in [-0.2, 0) is 9.31 Å². The third-order valence-corrected chi connectivity index (χ3v) is 3.34. The van der Waals surface area contributed by atoms with Gasteiger partial charge in [0.05, 0.1) is 27.9 Å². The summed E-state index contributed by atoms with van der Waals surface area (Å²) in [6, 6.07) is 4.87. The summed E-state index contributed by atoms with van der Waals surface area (Å²) in [5.74, 6) is 0.0252. The Bertz CT molecular complexity index is 489. The van der Waals surface area contributed by atoms with Crippen LogP contribution in [0.3, 0.4) is 0 Å². The van der Waals surface area contributed by atoms with E-state index in [1.165, 1.54) is 6.07 Å². The van der Waals surface area contributed by atoms with E-state index in [1.807, 2.05) is 27.7 Å². The van der Waals surface area contributed by atoms with Crippen LogP contribution in [0.1, 0.15) is 31.8 Å². The molecule has 0 radical (unpaired) electrons. The van der Waals surface area contributed by atoms with Gasteiger partial charge in [0, 0.05) is 6.07 Å². The molecule has 1 aromatic heterocycles. The Morgan fingerprint density at radius 2 is 1.88 bits per heavy atom. The number of methoxy groups -OCH3 is 1. The minimum Gasteiger partial charge on any atom is -0.481 e. The van der Waals surface area contributed by atoms with Gasteiger partial charge in [-0.15, -0.1) is 0 Å². The molecule has 0 aromatic carbocycles. The van der Waals surface area contributed by atoms with Gasteiger partial charge in [0.15, 0.2) is 0 Å². The smallest absolute Gasteiger partial charge is 0.481 e. The van der Waals surface area contributed by atoms with Gasteiger partial charge < -0.3 is 14.0 Å². The molecule has 5 heteroatoms. The van der Waals surface area contributed by atoms with Crippen LogP contribution >= 0.6 is 0 Å². The molecule has 1 fully saturated rings. The van der Waals surface area contributed by atoms with Crippen molar-refractivity contribution in [2.75, 3.05) is 7.04 Å². The number of ether oxygens (including phenoxy) is 1. The lowest BCUT2D eigenvalue weighted by atomic mass is 9.84. The van der Waals surface area contributed by atoms with E-state index in [0.29, 0.717) is 5.59 Å². The highest BCUT2D eigenvalue weighted by atomic mass is 16.7. The molecule has 0 unspecified atom stereocenters. The van der Waals surface area contributed by atoms with E-state index in [1.54, 1.807) is 12.1 Å². The van der Waals surface area contributed by atoms with Crippen LogP contribution in [0.15, 0.2) is 18.2 Å². The van der Waals surface area contributed by atoms with Gasteiger partial charge in [0.1, 0.15) is 0 Å². The number of hydrogen-bond donors (Lipinski definition) is 0. The summed E-state index contributed by atoms with van der Waals surface area (Å²) < 4.78 is 37.7. The molecule has 1 aromatic rings. The minimum absolute atomic E-state index is 0.0252. The Balaban J connectivity index is 2.21. The largest absolute Gasteiger partial charge is 0.514 e. The molecule has 17 heavy (non-hydrogen) atoms. The maximum atomic E-state index is 7.08. The lowest BCUT2D eigenvalue weighted by molar-refractivity contribution is 0.00578. The third kappa shape index (κ3) is 2.17. The molecule has 4 nitrogen and oxygen atoms in total. The average Bonchev–Trinajstić information content (AvgIpc) is 2.46. The maximum absolute atomic E-state index is 7.08. The molecule has 1 aliphatic heterocycles. The van der Waals surface area contributed by atoms with Crippen molar-refractivity contribution in [3.8, 4) is 5.88 Å². The van der Waals surface area contributed by atoms with Crippen molar-refractivity contribution in [2.24, 2.45) is 0 Å². The zero-order valence-corrected chi connectivity index (χ0v) is 10.5. The van der Waals surface area contributed by atoms with Gasteiger partial charge in [0.2, 0.25) is 5.88 Å². The van der Waals surface area contributed by atoms with Crippen molar-refractivity contribution in [1.82, 2.24) is 4.98 Å². The highest BCUT2D eigenvalue weighted by Gasteiger charge is 2.52. The summed E-state index contributed by atoms with van der Waals surface area (Å²) in [5, 5.41) is 0. The van der Waals surface area contributed by atoms with Crippen molar-refractivity contribution in [3.63, 3.8) is 0 Å². The molecule has 0 spiro atoms. The first-order valence-corrected chi connectivity index (χ1v) is 5.52. The predicted molar refractivity (Wildman–Crippen MR) is 66.5 cm³/mol. The van der Waals surface area contributed by atoms with Crippen LogP contribution in [0.5, 0.6) is 5.88 Å². The van der Waals surface area contributed by atoms with E-state index < -0.39 is 25.4 Å². The topological polar surface area (TPSA) is 40.6 Å². The lowest BCUT2D eigenvalue weighted by Crippen LogP contribution is -2.41. The molecule has 0 aliphatic carbocycles. The van der Waals surface area contributed by atoms with Crippen LogP contribution in [0.2, 0.25) is 0 Å². The summed E-state index contributed by atoms with van der Waals surface area (Å²) >= 11 is 0. The molecular weight excluding hydrogens is 217 g/mol. The number of hydrogen-bond acceptors (Lipinski definition) is 4. The first kappa shape index (κ1) is 8.94. The van der Waals surface area contributed by atoms with Gasteiger partial charge >= 0.3 is 7.12 Å². The monoisotopic (exact) mass is 238 g/mol. The summed E-state index contributed by atoms with van der Waals surface area (Å²) in [4.78, 5) is 4.14. The van der Waals surface area contributed by atoms with Gasteiger partial charge in [0.25, 0.3) is 0 Å². The molecule has 92 valence electrons. The second-order valence-electron chi connectivity index (χ2n) is 5.09. The van der Waals surface area contributed by atoms with E-state index in [0.717, 1.165) is 0 Å². The standard InChI is InChI=1S/C12H18BNO3/c1-11(2)12(3,4)17-13(16-11)9-7-6-8-10(14-9)15-5/h6-8H,1-5H3/i5D3. The Morgan fingerprint density at radius 1 is 1.24 bits per heavy atom. The fourth-order valence-corrected chi connectivity index (χ4v) is 1.58. The molecule has 0 bridgehead atoms. The maximum Gasteiger partial charge on any atom is 0.514 e. The molecular formula is C12H18BNO3.